The first kappa shape index (κ1) is 12.7. The molecule has 94 valence electrons. The number of rotatable bonds is 4. The maximum atomic E-state index is 10.5. The van der Waals surface area contributed by atoms with E-state index in [0.717, 1.165) is 0 Å². The molecule has 1 heterocycles. The molecule has 7 heteroatoms. The Morgan fingerprint density at radius 3 is 2.78 bits per heavy atom. The van der Waals surface area contributed by atoms with Gasteiger partial charge in [-0.1, -0.05) is 23.2 Å². The second-order valence-corrected chi connectivity index (χ2v) is 4.22. The molecule has 0 bridgehead atoms. The Kier molecular flexibility index (Phi) is 3.74. The molecule has 2 rings (SSSR count). The van der Waals surface area contributed by atoms with E-state index < -0.39 is 5.97 Å². The van der Waals surface area contributed by atoms with Gasteiger partial charge in [-0.3, -0.25) is 0 Å². The van der Waals surface area contributed by atoms with Gasteiger partial charge in [0.2, 0.25) is 0 Å². The van der Waals surface area contributed by atoms with Crippen molar-refractivity contribution < 1.29 is 14.6 Å². The van der Waals surface area contributed by atoms with E-state index in [-0.39, 0.29) is 12.4 Å². The smallest absolute Gasteiger partial charge is 0.180 e. The van der Waals surface area contributed by atoms with Crippen molar-refractivity contribution >= 4 is 29.2 Å². The van der Waals surface area contributed by atoms with Gasteiger partial charge in [-0.05, 0) is 24.3 Å². The van der Waals surface area contributed by atoms with Gasteiger partial charge in [-0.15, -0.1) is 0 Å². The van der Waals surface area contributed by atoms with E-state index >= 15 is 0 Å². The third-order valence-electron chi connectivity index (χ3n) is 2.10. The summed E-state index contributed by atoms with van der Waals surface area (Å²) in [7, 11) is 0. The molecule has 2 aromatic rings. The van der Waals surface area contributed by atoms with Crippen LogP contribution in [0.1, 0.15) is 10.5 Å². The van der Waals surface area contributed by atoms with Crippen LogP contribution in [-0.4, -0.2) is 15.7 Å². The van der Waals surface area contributed by atoms with Gasteiger partial charge >= 0.3 is 0 Å². The third-order valence-corrected chi connectivity index (χ3v) is 2.63. The molecule has 0 saturated heterocycles. The molecule has 0 aliphatic rings. The number of aromatic carboxylic acids is 1. The van der Waals surface area contributed by atoms with Gasteiger partial charge in [0.05, 0.1) is 11.0 Å². The van der Waals surface area contributed by atoms with E-state index in [0.29, 0.717) is 15.8 Å². The summed E-state index contributed by atoms with van der Waals surface area (Å²) in [5, 5.41) is 15.1. The van der Waals surface area contributed by atoms with Crippen LogP contribution < -0.4 is 9.84 Å². The van der Waals surface area contributed by atoms with Crippen LogP contribution in [0.2, 0.25) is 10.0 Å². The van der Waals surface area contributed by atoms with E-state index in [4.69, 9.17) is 27.9 Å². The zero-order valence-corrected chi connectivity index (χ0v) is 10.5. The highest BCUT2D eigenvalue weighted by Crippen LogP contribution is 2.27. The molecule has 5 nitrogen and oxygen atoms in total. The van der Waals surface area contributed by atoms with Gasteiger partial charge in [0.25, 0.3) is 0 Å². The third kappa shape index (κ3) is 2.94. The second kappa shape index (κ2) is 5.29. The van der Waals surface area contributed by atoms with Gasteiger partial charge < -0.3 is 14.6 Å². The number of aromatic nitrogens is 2. The molecule has 0 spiro atoms. The van der Waals surface area contributed by atoms with Crippen molar-refractivity contribution in [3.63, 3.8) is 0 Å². The lowest BCUT2D eigenvalue weighted by atomic mass is 10.3. The summed E-state index contributed by atoms with van der Waals surface area (Å²) in [6.07, 6.45) is 1.47. The minimum atomic E-state index is -1.33. The predicted molar refractivity (Wildman–Crippen MR) is 63.6 cm³/mol. The number of carboxylic acid groups (broad SMARTS) is 1. The molecule has 0 aliphatic carbocycles. The quantitative estimate of drug-likeness (QED) is 0.856. The molecular formula is C11H7Cl2N2O3-. The SMILES string of the molecule is O=C([O-])c1ccn(COc2ccc(Cl)cc2Cl)n1. The Labute approximate surface area is 113 Å². The maximum absolute atomic E-state index is 10.5. The molecule has 0 aliphatic heterocycles. The molecule has 0 amide bonds. The minimum absolute atomic E-state index is 0.0363. The van der Waals surface area contributed by atoms with E-state index in [2.05, 4.69) is 5.10 Å². The Balaban J connectivity index is 2.04. The summed E-state index contributed by atoms with van der Waals surface area (Å²) in [4.78, 5) is 10.5. The summed E-state index contributed by atoms with van der Waals surface area (Å²) >= 11 is 11.7. The highest BCUT2D eigenvalue weighted by molar-refractivity contribution is 6.35. The average molecular weight is 286 g/mol. The molecule has 0 N–H and O–H groups in total. The van der Waals surface area contributed by atoms with Crippen LogP contribution in [0.25, 0.3) is 0 Å². The molecule has 0 fully saturated rings. The number of halogens is 2. The number of carbonyl (C=O) groups is 1. The molecule has 1 aromatic carbocycles. The fourth-order valence-corrected chi connectivity index (χ4v) is 1.73. The summed E-state index contributed by atoms with van der Waals surface area (Å²) in [5.74, 6) is -0.898. The number of hydrogen-bond acceptors (Lipinski definition) is 4. The normalized spacial score (nSPS) is 10.3. The first-order valence-corrected chi connectivity index (χ1v) is 5.64. The van der Waals surface area contributed by atoms with Crippen molar-refractivity contribution in [1.82, 2.24) is 9.78 Å². The van der Waals surface area contributed by atoms with Crippen molar-refractivity contribution in [3.8, 4) is 5.75 Å². The van der Waals surface area contributed by atoms with Gasteiger partial charge in [-0.2, -0.15) is 5.10 Å². The van der Waals surface area contributed by atoms with Crippen molar-refractivity contribution in [1.29, 1.82) is 0 Å². The van der Waals surface area contributed by atoms with Crippen molar-refractivity contribution in [2.45, 2.75) is 6.73 Å². The number of nitrogens with zero attached hydrogens (tertiary/aromatic N) is 2. The molecule has 0 atom stereocenters. The lowest BCUT2D eigenvalue weighted by molar-refractivity contribution is -0.255. The lowest BCUT2D eigenvalue weighted by Crippen LogP contribution is -2.23. The number of hydrogen-bond donors (Lipinski definition) is 0. The molecule has 0 unspecified atom stereocenters. The van der Waals surface area contributed by atoms with Crippen molar-refractivity contribution in [2.75, 3.05) is 0 Å². The monoisotopic (exact) mass is 285 g/mol. The minimum Gasteiger partial charge on any atom is -0.543 e. The highest BCUT2D eigenvalue weighted by atomic mass is 35.5. The van der Waals surface area contributed by atoms with Gasteiger partial charge in [0.1, 0.15) is 11.4 Å². The summed E-state index contributed by atoms with van der Waals surface area (Å²) in [6, 6.07) is 6.13. The van der Waals surface area contributed by atoms with Crippen LogP contribution >= 0.6 is 23.2 Å². The van der Waals surface area contributed by atoms with Gasteiger partial charge in [0.15, 0.2) is 6.73 Å². The molecule has 1 aromatic heterocycles. The van der Waals surface area contributed by atoms with Crippen LogP contribution in [0, 0.1) is 0 Å². The lowest BCUT2D eigenvalue weighted by Gasteiger charge is -2.08. The second-order valence-electron chi connectivity index (χ2n) is 3.38. The standard InChI is InChI=1S/C11H8Cl2N2O3/c12-7-1-2-10(8(13)5-7)18-6-15-4-3-9(14-15)11(16)17/h1-5H,6H2,(H,16,17)/p-1. The predicted octanol–water partition coefficient (Wildman–Crippen LogP) is 1.59. The number of carboxylic acids is 1. The molecule has 0 saturated carbocycles. The molecule has 0 radical (unpaired) electrons. The first-order chi connectivity index (χ1) is 8.56. The molecule has 18 heavy (non-hydrogen) atoms. The first-order valence-electron chi connectivity index (χ1n) is 4.89. The fraction of sp³-hybridized carbons (Fsp3) is 0.0909. The molecular weight excluding hydrogens is 279 g/mol. The van der Waals surface area contributed by atoms with Gasteiger partial charge in [-0.25, -0.2) is 4.68 Å². The Morgan fingerprint density at radius 2 is 2.17 bits per heavy atom. The zero-order valence-electron chi connectivity index (χ0n) is 8.97. The van der Waals surface area contributed by atoms with E-state index in [1.807, 2.05) is 0 Å². The van der Waals surface area contributed by atoms with E-state index in [1.54, 1.807) is 18.2 Å². The Hall–Kier alpha value is -1.72. The topological polar surface area (TPSA) is 67.2 Å². The van der Waals surface area contributed by atoms with Gasteiger partial charge in [0, 0.05) is 11.2 Å². The maximum Gasteiger partial charge on any atom is 0.180 e. The number of carbonyl (C=O) groups excluding carboxylic acids is 1. The highest BCUT2D eigenvalue weighted by Gasteiger charge is 2.04. The van der Waals surface area contributed by atoms with Crippen LogP contribution in [0.3, 0.4) is 0 Å². The summed E-state index contributed by atoms with van der Waals surface area (Å²) < 4.78 is 6.68. The van der Waals surface area contributed by atoms with Crippen LogP contribution in [-0.2, 0) is 6.73 Å². The number of ether oxygens (including phenoxy) is 1. The van der Waals surface area contributed by atoms with Crippen molar-refractivity contribution in [3.05, 3.63) is 46.2 Å². The van der Waals surface area contributed by atoms with Crippen molar-refractivity contribution in [2.24, 2.45) is 0 Å². The average Bonchev–Trinajstić information content (AvgIpc) is 2.76. The fourth-order valence-electron chi connectivity index (χ4n) is 1.27. The van der Waals surface area contributed by atoms with E-state index in [1.165, 1.54) is 16.9 Å². The Morgan fingerprint density at radius 1 is 1.39 bits per heavy atom. The van der Waals surface area contributed by atoms with Crippen LogP contribution in [0.5, 0.6) is 5.75 Å². The van der Waals surface area contributed by atoms with E-state index in [9.17, 15) is 9.90 Å². The number of benzene rings is 1. The summed E-state index contributed by atoms with van der Waals surface area (Å²) in [6.45, 7) is 0.0363. The van der Waals surface area contributed by atoms with Crippen LogP contribution in [0.15, 0.2) is 30.5 Å². The van der Waals surface area contributed by atoms with Crippen LogP contribution in [0.4, 0.5) is 0 Å². The zero-order chi connectivity index (χ0) is 13.1. The summed E-state index contributed by atoms with van der Waals surface area (Å²) in [5.41, 5.74) is -0.152. The Bertz CT molecular complexity index is 583. The largest absolute Gasteiger partial charge is 0.543 e.